The third-order valence-corrected chi connectivity index (χ3v) is 3.67. The lowest BCUT2D eigenvalue weighted by Gasteiger charge is -2.07. The van der Waals surface area contributed by atoms with Crippen LogP contribution in [0.4, 0.5) is 0 Å². The molecule has 3 heteroatoms. The van der Waals surface area contributed by atoms with E-state index in [1.165, 1.54) is 0 Å². The molecule has 2 aromatic carbocycles. The first kappa shape index (κ1) is 11.5. The molecule has 1 unspecified atom stereocenters. The zero-order valence-corrected chi connectivity index (χ0v) is 11.2. The summed E-state index contributed by atoms with van der Waals surface area (Å²) in [4.78, 5) is 12.4. The van der Waals surface area contributed by atoms with Crippen molar-refractivity contribution in [3.8, 4) is 5.75 Å². The Hall–Kier alpha value is -1.61. The summed E-state index contributed by atoms with van der Waals surface area (Å²) in [5.41, 5.74) is 1.72. The maximum atomic E-state index is 12.4. The summed E-state index contributed by atoms with van der Waals surface area (Å²) >= 11 is 3.37. The second-order valence-corrected chi connectivity index (χ2v) is 5.19. The second-order valence-electron chi connectivity index (χ2n) is 4.27. The number of carbonyl (C=O) groups is 1. The zero-order valence-electron chi connectivity index (χ0n) is 9.60. The molecule has 0 saturated carbocycles. The van der Waals surface area contributed by atoms with Crippen LogP contribution >= 0.6 is 15.9 Å². The van der Waals surface area contributed by atoms with Crippen LogP contribution in [0, 0.1) is 0 Å². The fraction of sp³-hybridized carbons (Fsp3) is 0.133. The quantitative estimate of drug-likeness (QED) is 0.789. The summed E-state index contributed by atoms with van der Waals surface area (Å²) in [6, 6.07) is 15.2. The molecule has 90 valence electrons. The van der Waals surface area contributed by atoms with E-state index in [0.29, 0.717) is 6.61 Å². The highest BCUT2D eigenvalue weighted by atomic mass is 79.9. The van der Waals surface area contributed by atoms with Crippen molar-refractivity contribution >= 4 is 21.7 Å². The lowest BCUT2D eigenvalue weighted by Crippen LogP contribution is -2.14. The number of hydrogen-bond acceptors (Lipinski definition) is 2. The molecule has 0 bridgehead atoms. The SMILES string of the molecule is O=C(c1ccc(Br)cc1)C1COc2ccccc21. The van der Waals surface area contributed by atoms with Crippen LogP contribution in [-0.2, 0) is 0 Å². The van der Waals surface area contributed by atoms with Gasteiger partial charge in [-0.3, -0.25) is 4.79 Å². The number of Topliss-reactive ketones (excluding diaryl/α,β-unsaturated/α-hetero) is 1. The van der Waals surface area contributed by atoms with Crippen molar-refractivity contribution in [1.29, 1.82) is 0 Å². The summed E-state index contributed by atoms with van der Waals surface area (Å²) in [6.07, 6.45) is 0. The van der Waals surface area contributed by atoms with E-state index in [0.717, 1.165) is 21.3 Å². The van der Waals surface area contributed by atoms with E-state index in [-0.39, 0.29) is 11.7 Å². The van der Waals surface area contributed by atoms with Crippen LogP contribution in [0.5, 0.6) is 5.75 Å². The summed E-state index contributed by atoms with van der Waals surface area (Å²) in [5.74, 6) is 0.766. The van der Waals surface area contributed by atoms with Gasteiger partial charge in [-0.2, -0.15) is 0 Å². The highest BCUT2D eigenvalue weighted by Crippen LogP contribution is 2.35. The van der Waals surface area contributed by atoms with Gasteiger partial charge < -0.3 is 4.74 Å². The van der Waals surface area contributed by atoms with Crippen molar-refractivity contribution in [1.82, 2.24) is 0 Å². The highest BCUT2D eigenvalue weighted by molar-refractivity contribution is 9.10. The van der Waals surface area contributed by atoms with E-state index in [4.69, 9.17) is 4.74 Å². The number of hydrogen-bond donors (Lipinski definition) is 0. The van der Waals surface area contributed by atoms with Gasteiger partial charge in [0.15, 0.2) is 5.78 Å². The van der Waals surface area contributed by atoms with Gasteiger partial charge in [0.05, 0.1) is 5.92 Å². The van der Waals surface area contributed by atoms with Crippen molar-refractivity contribution in [3.05, 3.63) is 64.1 Å². The number of rotatable bonds is 2. The van der Waals surface area contributed by atoms with Gasteiger partial charge in [0.1, 0.15) is 12.4 Å². The van der Waals surface area contributed by atoms with Crippen LogP contribution in [0.15, 0.2) is 53.0 Å². The van der Waals surface area contributed by atoms with Crippen LogP contribution < -0.4 is 4.74 Å². The van der Waals surface area contributed by atoms with Crippen molar-refractivity contribution < 1.29 is 9.53 Å². The molecular weight excluding hydrogens is 292 g/mol. The molecule has 0 fully saturated rings. The minimum atomic E-state index is -0.178. The molecule has 0 aliphatic carbocycles. The van der Waals surface area contributed by atoms with Crippen LogP contribution in [0.3, 0.4) is 0 Å². The van der Waals surface area contributed by atoms with Crippen LogP contribution in [0.1, 0.15) is 21.8 Å². The molecule has 0 aromatic heterocycles. The maximum absolute atomic E-state index is 12.4. The fourth-order valence-corrected chi connectivity index (χ4v) is 2.46. The van der Waals surface area contributed by atoms with E-state index in [1.54, 1.807) is 0 Å². The van der Waals surface area contributed by atoms with Crippen molar-refractivity contribution in [2.24, 2.45) is 0 Å². The van der Waals surface area contributed by atoms with Gasteiger partial charge >= 0.3 is 0 Å². The van der Waals surface area contributed by atoms with Gasteiger partial charge in [0.2, 0.25) is 0 Å². The van der Waals surface area contributed by atoms with Gasteiger partial charge in [-0.15, -0.1) is 0 Å². The average molecular weight is 303 g/mol. The monoisotopic (exact) mass is 302 g/mol. The Morgan fingerprint density at radius 3 is 2.61 bits per heavy atom. The molecule has 2 nitrogen and oxygen atoms in total. The standard InChI is InChI=1S/C15H11BrO2/c16-11-7-5-10(6-8-11)15(17)13-9-18-14-4-2-1-3-12(13)14/h1-8,13H,9H2. The molecule has 0 radical (unpaired) electrons. The average Bonchev–Trinajstić information content (AvgIpc) is 2.82. The third-order valence-electron chi connectivity index (χ3n) is 3.15. The Morgan fingerprint density at radius 1 is 1.11 bits per heavy atom. The van der Waals surface area contributed by atoms with Crippen molar-refractivity contribution in [2.75, 3.05) is 6.61 Å². The van der Waals surface area contributed by atoms with Gasteiger partial charge in [-0.05, 0) is 18.2 Å². The van der Waals surface area contributed by atoms with Crippen molar-refractivity contribution in [3.63, 3.8) is 0 Å². The summed E-state index contributed by atoms with van der Waals surface area (Å²) < 4.78 is 6.52. The van der Waals surface area contributed by atoms with Gasteiger partial charge in [0.25, 0.3) is 0 Å². The molecule has 1 atom stereocenters. The third kappa shape index (κ3) is 1.95. The number of ketones is 1. The summed E-state index contributed by atoms with van der Waals surface area (Å²) in [7, 11) is 0. The fourth-order valence-electron chi connectivity index (χ4n) is 2.20. The Morgan fingerprint density at radius 2 is 1.83 bits per heavy atom. The molecule has 0 spiro atoms. The Bertz CT molecular complexity index is 590. The molecule has 1 aliphatic rings. The Kier molecular flexibility index (Phi) is 2.92. The Labute approximate surface area is 114 Å². The first-order valence-corrected chi connectivity index (χ1v) is 6.56. The number of carbonyl (C=O) groups excluding carboxylic acids is 1. The van der Waals surface area contributed by atoms with Crippen LogP contribution in [-0.4, -0.2) is 12.4 Å². The molecule has 18 heavy (non-hydrogen) atoms. The van der Waals surface area contributed by atoms with E-state index >= 15 is 0 Å². The number of benzene rings is 2. The molecular formula is C15H11BrO2. The first-order valence-electron chi connectivity index (χ1n) is 5.77. The predicted molar refractivity (Wildman–Crippen MR) is 73.2 cm³/mol. The number of fused-ring (bicyclic) bond motifs is 1. The predicted octanol–water partition coefficient (Wildman–Crippen LogP) is 3.81. The van der Waals surface area contributed by atoms with Gasteiger partial charge in [-0.25, -0.2) is 0 Å². The smallest absolute Gasteiger partial charge is 0.173 e. The molecule has 0 amide bonds. The summed E-state index contributed by atoms with van der Waals surface area (Å²) in [6.45, 7) is 0.439. The highest BCUT2D eigenvalue weighted by Gasteiger charge is 2.30. The Balaban J connectivity index is 1.93. The van der Waals surface area contributed by atoms with E-state index in [2.05, 4.69) is 15.9 Å². The topological polar surface area (TPSA) is 26.3 Å². The zero-order chi connectivity index (χ0) is 12.5. The number of halogens is 1. The van der Waals surface area contributed by atoms with Crippen molar-refractivity contribution in [2.45, 2.75) is 5.92 Å². The minimum absolute atomic E-state index is 0.118. The number of ether oxygens (including phenoxy) is 1. The summed E-state index contributed by atoms with van der Waals surface area (Å²) in [5, 5.41) is 0. The molecule has 1 heterocycles. The maximum Gasteiger partial charge on any atom is 0.173 e. The van der Waals surface area contributed by atoms with Gasteiger partial charge in [0, 0.05) is 15.6 Å². The minimum Gasteiger partial charge on any atom is -0.492 e. The molecule has 1 aliphatic heterocycles. The van der Waals surface area contributed by atoms with Crippen LogP contribution in [0.25, 0.3) is 0 Å². The normalized spacial score (nSPS) is 17.1. The molecule has 3 rings (SSSR count). The lowest BCUT2D eigenvalue weighted by molar-refractivity contribution is 0.0947. The van der Waals surface area contributed by atoms with E-state index in [9.17, 15) is 4.79 Å². The second kappa shape index (κ2) is 4.58. The van der Waals surface area contributed by atoms with E-state index < -0.39 is 0 Å². The van der Waals surface area contributed by atoms with E-state index in [1.807, 2.05) is 48.5 Å². The molecule has 0 N–H and O–H groups in total. The largest absolute Gasteiger partial charge is 0.492 e. The lowest BCUT2D eigenvalue weighted by atomic mass is 9.92. The molecule has 2 aromatic rings. The first-order chi connectivity index (χ1) is 8.75. The van der Waals surface area contributed by atoms with Gasteiger partial charge in [-0.1, -0.05) is 46.3 Å². The van der Waals surface area contributed by atoms with Crippen LogP contribution in [0.2, 0.25) is 0 Å². The molecule has 0 saturated heterocycles. The number of para-hydroxylation sites is 1.